The molecule has 0 aliphatic rings. The molecule has 134 valence electrons. The SMILES string of the molecule is CCOc1ccccc1OCC(O)CN(CCO)Cc1cc#ccc1. The fourth-order valence-electron chi connectivity index (χ4n) is 2.49. The van der Waals surface area contributed by atoms with Crippen molar-refractivity contribution in [1.29, 1.82) is 0 Å². The third kappa shape index (κ3) is 6.63. The molecular weight excluding hydrogens is 318 g/mol. The molecule has 0 saturated heterocycles. The van der Waals surface area contributed by atoms with Crippen LogP contribution in [-0.4, -0.2) is 54.1 Å². The van der Waals surface area contributed by atoms with Gasteiger partial charge in [0.2, 0.25) is 0 Å². The van der Waals surface area contributed by atoms with Gasteiger partial charge in [0.15, 0.2) is 11.5 Å². The number of nitrogens with zero attached hydrogens (tertiary/aromatic N) is 1. The summed E-state index contributed by atoms with van der Waals surface area (Å²) in [5.74, 6) is 1.28. The molecule has 0 saturated carbocycles. The molecule has 1 unspecified atom stereocenters. The molecule has 25 heavy (non-hydrogen) atoms. The van der Waals surface area contributed by atoms with Crippen molar-refractivity contribution >= 4 is 0 Å². The fraction of sp³-hybridized carbons (Fsp3) is 0.400. The second-order valence-electron chi connectivity index (χ2n) is 5.64. The highest BCUT2D eigenvalue weighted by molar-refractivity contribution is 5.39. The predicted octanol–water partition coefficient (Wildman–Crippen LogP) is 1.92. The Morgan fingerprint density at radius 3 is 2.52 bits per heavy atom. The van der Waals surface area contributed by atoms with Crippen molar-refractivity contribution in [3.8, 4) is 11.5 Å². The van der Waals surface area contributed by atoms with Crippen LogP contribution in [0.4, 0.5) is 0 Å². The lowest BCUT2D eigenvalue weighted by molar-refractivity contribution is 0.0580. The first kappa shape index (κ1) is 19.1. The third-order valence-electron chi connectivity index (χ3n) is 3.59. The van der Waals surface area contributed by atoms with Crippen molar-refractivity contribution in [3.63, 3.8) is 0 Å². The summed E-state index contributed by atoms with van der Waals surface area (Å²) in [6.45, 7) is 4.15. The van der Waals surface area contributed by atoms with E-state index in [2.05, 4.69) is 12.1 Å². The monoisotopic (exact) mass is 343 g/mol. The lowest BCUT2D eigenvalue weighted by Gasteiger charge is -2.24. The molecule has 0 amide bonds. The van der Waals surface area contributed by atoms with Gasteiger partial charge >= 0.3 is 0 Å². The zero-order chi connectivity index (χ0) is 17.9. The summed E-state index contributed by atoms with van der Waals surface area (Å²) in [6, 6.07) is 18.8. The van der Waals surface area contributed by atoms with Crippen molar-refractivity contribution in [3.05, 3.63) is 60.2 Å². The molecule has 0 spiro atoms. The van der Waals surface area contributed by atoms with Gasteiger partial charge in [0.25, 0.3) is 0 Å². The maximum absolute atomic E-state index is 10.3. The van der Waals surface area contributed by atoms with E-state index in [-0.39, 0.29) is 13.2 Å². The van der Waals surface area contributed by atoms with Crippen molar-refractivity contribution in [2.75, 3.05) is 32.9 Å². The quantitative estimate of drug-likeness (QED) is 0.653. The highest BCUT2D eigenvalue weighted by Crippen LogP contribution is 2.26. The third-order valence-corrected chi connectivity index (χ3v) is 3.59. The molecule has 5 nitrogen and oxygen atoms in total. The first-order chi connectivity index (χ1) is 12.2. The van der Waals surface area contributed by atoms with E-state index in [1.54, 1.807) is 6.07 Å². The van der Waals surface area contributed by atoms with Gasteiger partial charge in [0.05, 0.1) is 13.2 Å². The van der Waals surface area contributed by atoms with Crippen molar-refractivity contribution in [2.45, 2.75) is 19.6 Å². The summed E-state index contributed by atoms with van der Waals surface area (Å²) in [6.07, 6.45) is -0.680. The highest BCUT2D eigenvalue weighted by atomic mass is 16.5. The first-order valence-corrected chi connectivity index (χ1v) is 8.45. The van der Waals surface area contributed by atoms with Gasteiger partial charge in [-0.15, -0.1) is 0 Å². The molecule has 0 bridgehead atoms. The molecule has 0 aromatic heterocycles. The molecule has 0 aliphatic heterocycles. The van der Waals surface area contributed by atoms with Gasteiger partial charge in [0.1, 0.15) is 12.7 Å². The molecule has 0 aliphatic carbocycles. The smallest absolute Gasteiger partial charge is 0.161 e. The number of para-hydroxylation sites is 2. The minimum Gasteiger partial charge on any atom is -0.490 e. The molecule has 2 N–H and O–H groups in total. The van der Waals surface area contributed by atoms with E-state index >= 15 is 0 Å². The average Bonchev–Trinajstić information content (AvgIpc) is 2.62. The minimum atomic E-state index is -0.680. The Bertz CT molecular complexity index is 606. The van der Waals surface area contributed by atoms with Crippen LogP contribution in [0.1, 0.15) is 12.5 Å². The molecule has 2 rings (SSSR count). The van der Waals surface area contributed by atoms with Gasteiger partial charge in [-0.3, -0.25) is 4.90 Å². The number of aliphatic hydroxyl groups is 2. The number of hydrogen-bond donors (Lipinski definition) is 2. The summed E-state index contributed by atoms with van der Waals surface area (Å²) >= 11 is 0. The molecule has 5 heteroatoms. The standard InChI is InChI=1S/C20H25NO4/c1-2-24-19-10-6-7-11-20(19)25-16-18(23)15-21(12-13-22)14-17-8-4-3-5-9-17/h4,6-11,18,22-23H,2,12-16H2,1H3. The van der Waals surface area contributed by atoms with E-state index in [0.717, 1.165) is 5.56 Å². The van der Waals surface area contributed by atoms with E-state index in [1.807, 2.05) is 48.2 Å². The van der Waals surface area contributed by atoms with Gasteiger partial charge < -0.3 is 19.7 Å². The summed E-state index contributed by atoms with van der Waals surface area (Å²) in [5, 5.41) is 19.5. The number of hydrogen-bond acceptors (Lipinski definition) is 5. The van der Waals surface area contributed by atoms with Gasteiger partial charge in [-0.1, -0.05) is 24.3 Å². The maximum atomic E-state index is 10.3. The van der Waals surface area contributed by atoms with Crippen molar-refractivity contribution in [2.24, 2.45) is 0 Å². The summed E-state index contributed by atoms with van der Waals surface area (Å²) in [5.41, 5.74) is 1.06. The van der Waals surface area contributed by atoms with E-state index in [4.69, 9.17) is 9.47 Å². The van der Waals surface area contributed by atoms with Gasteiger partial charge in [-0.2, -0.15) is 0 Å². The largest absolute Gasteiger partial charge is 0.490 e. The Labute approximate surface area is 149 Å². The van der Waals surface area contributed by atoms with E-state index in [0.29, 0.717) is 37.7 Å². The molecule has 0 radical (unpaired) electrons. The Hall–Kier alpha value is -2.26. The van der Waals surface area contributed by atoms with Crippen LogP contribution in [-0.2, 0) is 6.54 Å². The first-order valence-electron chi connectivity index (χ1n) is 8.45. The molecule has 1 atom stereocenters. The Morgan fingerprint density at radius 1 is 1.12 bits per heavy atom. The Balaban J connectivity index is 1.87. The molecule has 2 aromatic carbocycles. The van der Waals surface area contributed by atoms with Crippen LogP contribution < -0.4 is 9.47 Å². The van der Waals surface area contributed by atoms with Crippen LogP contribution in [0.5, 0.6) is 11.5 Å². The average molecular weight is 343 g/mol. The molecular formula is C20H25NO4. The van der Waals surface area contributed by atoms with Gasteiger partial charge in [0, 0.05) is 19.6 Å². The maximum Gasteiger partial charge on any atom is 0.161 e. The van der Waals surface area contributed by atoms with E-state index in [1.165, 1.54) is 0 Å². The van der Waals surface area contributed by atoms with Crippen molar-refractivity contribution in [1.82, 2.24) is 4.90 Å². The molecule has 2 aromatic rings. The zero-order valence-corrected chi connectivity index (χ0v) is 14.5. The topological polar surface area (TPSA) is 62.2 Å². The number of ether oxygens (including phenoxy) is 2. The Morgan fingerprint density at radius 2 is 1.88 bits per heavy atom. The normalized spacial score (nSPS) is 11.8. The number of benzene rings is 1. The lowest BCUT2D eigenvalue weighted by Crippen LogP contribution is -2.37. The number of rotatable bonds is 11. The van der Waals surface area contributed by atoms with Crippen LogP contribution in [0, 0.1) is 12.1 Å². The van der Waals surface area contributed by atoms with E-state index < -0.39 is 6.10 Å². The fourth-order valence-corrected chi connectivity index (χ4v) is 2.49. The number of aliphatic hydroxyl groups excluding tert-OH is 2. The van der Waals surface area contributed by atoms with E-state index in [9.17, 15) is 10.2 Å². The van der Waals surface area contributed by atoms with Crippen LogP contribution in [0.15, 0.2) is 42.5 Å². The molecule has 0 heterocycles. The second kappa shape index (κ2) is 10.6. The van der Waals surface area contributed by atoms with Crippen LogP contribution in [0.3, 0.4) is 0 Å². The predicted molar refractivity (Wildman–Crippen MR) is 95.6 cm³/mol. The summed E-state index contributed by atoms with van der Waals surface area (Å²) < 4.78 is 11.2. The van der Waals surface area contributed by atoms with Gasteiger partial charge in [-0.25, -0.2) is 0 Å². The molecule has 0 fully saturated rings. The zero-order valence-electron chi connectivity index (χ0n) is 14.5. The van der Waals surface area contributed by atoms with Gasteiger partial charge in [-0.05, 0) is 42.8 Å². The summed E-state index contributed by atoms with van der Waals surface area (Å²) in [4.78, 5) is 1.98. The second-order valence-corrected chi connectivity index (χ2v) is 5.64. The van der Waals surface area contributed by atoms with Crippen LogP contribution in [0.25, 0.3) is 0 Å². The van der Waals surface area contributed by atoms with Crippen molar-refractivity contribution < 1.29 is 19.7 Å². The Kier molecular flexibility index (Phi) is 8.06. The lowest BCUT2D eigenvalue weighted by atomic mass is 10.2. The van der Waals surface area contributed by atoms with Crippen LogP contribution >= 0.6 is 0 Å². The van der Waals surface area contributed by atoms with Crippen LogP contribution in [0.2, 0.25) is 0 Å². The highest BCUT2D eigenvalue weighted by Gasteiger charge is 2.14. The summed E-state index contributed by atoms with van der Waals surface area (Å²) in [7, 11) is 0. The minimum absolute atomic E-state index is 0.0312.